The van der Waals surface area contributed by atoms with Gasteiger partial charge in [0.1, 0.15) is 18.1 Å². The minimum absolute atomic E-state index is 0.206. The monoisotopic (exact) mass is 437 g/mol. The van der Waals surface area contributed by atoms with Crippen molar-refractivity contribution >= 4 is 11.0 Å². The van der Waals surface area contributed by atoms with Crippen molar-refractivity contribution in [1.82, 2.24) is 4.90 Å². The van der Waals surface area contributed by atoms with Crippen molar-refractivity contribution in [3.8, 4) is 23.0 Å². The van der Waals surface area contributed by atoms with Crippen molar-refractivity contribution < 1.29 is 23.4 Å². The highest BCUT2D eigenvalue weighted by Gasteiger charge is 2.26. The normalized spacial score (nSPS) is 15.6. The molecule has 2 aromatic carbocycles. The van der Waals surface area contributed by atoms with Gasteiger partial charge in [-0.15, -0.1) is 0 Å². The standard InChI is InChI=1S/C25H27NO6/c1-28-21-10-15(11-22(29-2)24(21)30-3)12-26-13-19-20(31-14-26)9-8-17-16-6-4-5-7-18(16)25(27)32-23(17)19/h8-11H,4-7,12-14H2,1-3H3. The van der Waals surface area contributed by atoms with Gasteiger partial charge in [-0.25, -0.2) is 4.79 Å². The third-order valence-corrected chi connectivity index (χ3v) is 6.37. The first kappa shape index (κ1) is 20.7. The summed E-state index contributed by atoms with van der Waals surface area (Å²) < 4.78 is 28.3. The highest BCUT2D eigenvalue weighted by molar-refractivity contribution is 5.86. The molecule has 5 rings (SSSR count). The van der Waals surface area contributed by atoms with Gasteiger partial charge >= 0.3 is 5.63 Å². The summed E-state index contributed by atoms with van der Waals surface area (Å²) in [6.07, 6.45) is 3.87. The van der Waals surface area contributed by atoms with Crippen LogP contribution < -0.4 is 24.6 Å². The van der Waals surface area contributed by atoms with E-state index in [1.54, 1.807) is 21.3 Å². The summed E-state index contributed by atoms with van der Waals surface area (Å²) in [6, 6.07) is 7.92. The van der Waals surface area contributed by atoms with Crippen molar-refractivity contribution in [3.63, 3.8) is 0 Å². The Morgan fingerprint density at radius 3 is 2.34 bits per heavy atom. The first-order chi connectivity index (χ1) is 15.6. The average molecular weight is 437 g/mol. The first-order valence-electron chi connectivity index (χ1n) is 10.9. The summed E-state index contributed by atoms with van der Waals surface area (Å²) in [5, 5.41) is 1.04. The number of hydrogen-bond acceptors (Lipinski definition) is 7. The van der Waals surface area contributed by atoms with Gasteiger partial charge in [-0.05, 0) is 61.1 Å². The molecular weight excluding hydrogens is 410 g/mol. The van der Waals surface area contributed by atoms with E-state index in [-0.39, 0.29) is 5.63 Å². The van der Waals surface area contributed by atoms with E-state index in [0.29, 0.717) is 42.7 Å². The zero-order valence-electron chi connectivity index (χ0n) is 18.7. The molecule has 1 aromatic heterocycles. The number of hydrogen-bond donors (Lipinski definition) is 0. The molecule has 0 atom stereocenters. The lowest BCUT2D eigenvalue weighted by Crippen LogP contribution is -2.32. The fourth-order valence-corrected chi connectivity index (χ4v) is 4.85. The molecule has 0 saturated heterocycles. The van der Waals surface area contributed by atoms with Crippen LogP contribution in [0.4, 0.5) is 0 Å². The van der Waals surface area contributed by atoms with Crippen LogP contribution in [-0.2, 0) is 25.9 Å². The molecule has 1 aliphatic carbocycles. The molecule has 0 amide bonds. The molecule has 168 valence electrons. The van der Waals surface area contributed by atoms with Gasteiger partial charge in [0.05, 0.1) is 26.9 Å². The lowest BCUT2D eigenvalue weighted by molar-refractivity contribution is 0.0888. The summed E-state index contributed by atoms with van der Waals surface area (Å²) >= 11 is 0. The molecular formula is C25H27NO6. The highest BCUT2D eigenvalue weighted by atomic mass is 16.5. The van der Waals surface area contributed by atoms with Gasteiger partial charge in [-0.1, -0.05) is 0 Å². The van der Waals surface area contributed by atoms with E-state index in [2.05, 4.69) is 4.90 Å². The van der Waals surface area contributed by atoms with Crippen LogP contribution in [0.1, 0.15) is 35.1 Å². The van der Waals surface area contributed by atoms with E-state index in [1.807, 2.05) is 24.3 Å². The molecule has 7 heteroatoms. The predicted molar refractivity (Wildman–Crippen MR) is 120 cm³/mol. The summed E-state index contributed by atoms with van der Waals surface area (Å²) in [4.78, 5) is 14.8. The maximum atomic E-state index is 12.7. The van der Waals surface area contributed by atoms with Crippen LogP contribution in [-0.4, -0.2) is 33.0 Å². The molecule has 0 spiro atoms. The predicted octanol–water partition coefficient (Wildman–Crippen LogP) is 4.05. The molecule has 2 heterocycles. The molecule has 0 saturated carbocycles. The molecule has 0 unspecified atom stereocenters. The van der Waals surface area contributed by atoms with E-state index in [1.165, 1.54) is 0 Å². The molecule has 0 N–H and O–H groups in total. The van der Waals surface area contributed by atoms with Gasteiger partial charge in [-0.2, -0.15) is 0 Å². The molecule has 0 radical (unpaired) electrons. The zero-order chi connectivity index (χ0) is 22.2. The second-order valence-electron chi connectivity index (χ2n) is 8.27. The average Bonchev–Trinajstić information content (AvgIpc) is 2.83. The minimum atomic E-state index is -0.206. The zero-order valence-corrected chi connectivity index (χ0v) is 18.7. The second kappa shape index (κ2) is 8.39. The van der Waals surface area contributed by atoms with Crippen molar-refractivity contribution in [2.24, 2.45) is 0 Å². The molecule has 7 nitrogen and oxygen atoms in total. The van der Waals surface area contributed by atoms with Gasteiger partial charge in [0.25, 0.3) is 0 Å². The molecule has 2 aliphatic rings. The SMILES string of the molecule is COc1cc(CN2COc3ccc4c5c(c(=O)oc4c3C2)CCCC5)cc(OC)c1OC. The maximum absolute atomic E-state index is 12.7. The lowest BCUT2D eigenvalue weighted by atomic mass is 9.90. The van der Waals surface area contributed by atoms with Gasteiger partial charge in [0.2, 0.25) is 5.75 Å². The number of rotatable bonds is 5. The van der Waals surface area contributed by atoms with Gasteiger partial charge in [0, 0.05) is 24.0 Å². The van der Waals surface area contributed by atoms with Crippen LogP contribution in [0, 0.1) is 0 Å². The molecule has 1 aliphatic heterocycles. The van der Waals surface area contributed by atoms with Gasteiger partial charge in [-0.3, -0.25) is 4.90 Å². The third-order valence-electron chi connectivity index (χ3n) is 6.37. The van der Waals surface area contributed by atoms with E-state index >= 15 is 0 Å². The fraction of sp³-hybridized carbons (Fsp3) is 0.400. The molecule has 0 fully saturated rings. The Morgan fingerprint density at radius 2 is 1.66 bits per heavy atom. The lowest BCUT2D eigenvalue weighted by Gasteiger charge is -2.30. The van der Waals surface area contributed by atoms with Crippen LogP contribution in [0.15, 0.2) is 33.5 Å². The maximum Gasteiger partial charge on any atom is 0.339 e. The van der Waals surface area contributed by atoms with E-state index < -0.39 is 0 Å². The largest absolute Gasteiger partial charge is 0.493 e. The van der Waals surface area contributed by atoms with Crippen molar-refractivity contribution in [1.29, 1.82) is 0 Å². The minimum Gasteiger partial charge on any atom is -0.493 e. The topological polar surface area (TPSA) is 70.4 Å². The Balaban J connectivity index is 1.50. The van der Waals surface area contributed by atoms with Crippen LogP contribution in [0.3, 0.4) is 0 Å². The first-order valence-corrected chi connectivity index (χ1v) is 10.9. The number of methoxy groups -OCH3 is 3. The number of nitrogens with zero attached hydrogens (tertiary/aromatic N) is 1. The number of fused-ring (bicyclic) bond motifs is 5. The fourth-order valence-electron chi connectivity index (χ4n) is 4.85. The number of aryl methyl sites for hydroxylation is 1. The summed E-state index contributed by atoms with van der Waals surface area (Å²) in [5.41, 5.74) is 4.36. The van der Waals surface area contributed by atoms with E-state index in [9.17, 15) is 4.79 Å². The Hall–Kier alpha value is -3.19. The quantitative estimate of drug-likeness (QED) is 0.558. The van der Waals surface area contributed by atoms with Crippen molar-refractivity contribution in [2.75, 3.05) is 28.1 Å². The van der Waals surface area contributed by atoms with E-state index in [4.69, 9.17) is 23.4 Å². The van der Waals surface area contributed by atoms with Crippen LogP contribution >= 0.6 is 0 Å². The van der Waals surface area contributed by atoms with Crippen molar-refractivity contribution in [3.05, 3.63) is 56.9 Å². The smallest absolute Gasteiger partial charge is 0.339 e. The Morgan fingerprint density at radius 1 is 0.938 bits per heavy atom. The molecule has 3 aromatic rings. The van der Waals surface area contributed by atoms with Crippen LogP contribution in [0.25, 0.3) is 11.0 Å². The van der Waals surface area contributed by atoms with Crippen LogP contribution in [0.2, 0.25) is 0 Å². The van der Waals surface area contributed by atoms with Crippen molar-refractivity contribution in [2.45, 2.75) is 38.8 Å². The summed E-state index contributed by atoms with van der Waals surface area (Å²) in [5.74, 6) is 2.57. The number of ether oxygens (including phenoxy) is 4. The third kappa shape index (κ3) is 3.46. The molecule has 0 bridgehead atoms. The number of benzene rings is 2. The summed E-state index contributed by atoms with van der Waals surface area (Å²) in [7, 11) is 4.80. The Bertz CT molecular complexity index is 1210. The van der Waals surface area contributed by atoms with E-state index in [0.717, 1.165) is 59.1 Å². The summed E-state index contributed by atoms with van der Waals surface area (Å²) in [6.45, 7) is 1.66. The Labute approximate surface area is 186 Å². The van der Waals surface area contributed by atoms with Gasteiger partial charge in [0.15, 0.2) is 11.5 Å². The van der Waals surface area contributed by atoms with Crippen LogP contribution in [0.5, 0.6) is 23.0 Å². The molecule has 32 heavy (non-hydrogen) atoms. The van der Waals surface area contributed by atoms with Gasteiger partial charge < -0.3 is 23.4 Å². The highest BCUT2D eigenvalue weighted by Crippen LogP contribution is 2.40. The Kier molecular flexibility index (Phi) is 5.43. The second-order valence-corrected chi connectivity index (χ2v) is 8.27.